The molecule has 2 atom stereocenters. The Morgan fingerprint density at radius 2 is 1.82 bits per heavy atom. The molecule has 0 unspecified atom stereocenters. The first kappa shape index (κ1) is 16.8. The van der Waals surface area contributed by atoms with Gasteiger partial charge in [0.25, 0.3) is 0 Å². The van der Waals surface area contributed by atoms with Crippen LogP contribution in [-0.4, -0.2) is 24.4 Å². The second kappa shape index (κ2) is 8.18. The molecule has 5 heteroatoms. The molecule has 22 heavy (non-hydrogen) atoms. The zero-order valence-electron chi connectivity index (χ0n) is 12.9. The van der Waals surface area contributed by atoms with E-state index in [9.17, 15) is 9.59 Å². The van der Waals surface area contributed by atoms with Crippen LogP contribution in [0.3, 0.4) is 0 Å². The van der Waals surface area contributed by atoms with Crippen LogP contribution < -0.4 is 10.6 Å². The average Bonchev–Trinajstić information content (AvgIpc) is 2.51. The fourth-order valence-electron chi connectivity index (χ4n) is 2.82. The van der Waals surface area contributed by atoms with Crippen LogP contribution in [0.25, 0.3) is 0 Å². The summed E-state index contributed by atoms with van der Waals surface area (Å²) in [6.07, 6.45) is 5.08. The third-order valence-corrected chi connectivity index (χ3v) is 4.50. The van der Waals surface area contributed by atoms with Crippen LogP contribution in [-0.2, 0) is 16.0 Å². The predicted octanol–water partition coefficient (Wildman–Crippen LogP) is 2.69. The fourth-order valence-corrected chi connectivity index (χ4v) is 2.94. The molecule has 1 fully saturated rings. The summed E-state index contributed by atoms with van der Waals surface area (Å²) in [7, 11) is 0. The van der Waals surface area contributed by atoms with Gasteiger partial charge in [-0.15, -0.1) is 0 Å². The Balaban J connectivity index is 1.72. The van der Waals surface area contributed by atoms with Crippen molar-refractivity contribution in [3.8, 4) is 0 Å². The molecule has 2 N–H and O–H groups in total. The van der Waals surface area contributed by atoms with Crippen molar-refractivity contribution < 1.29 is 9.59 Å². The largest absolute Gasteiger partial charge is 0.348 e. The first-order valence-corrected chi connectivity index (χ1v) is 8.27. The molecular weight excluding hydrogens is 300 g/mol. The molecule has 0 saturated heterocycles. The first-order chi connectivity index (χ1) is 10.6. The Kier molecular flexibility index (Phi) is 6.25. The van der Waals surface area contributed by atoms with Crippen molar-refractivity contribution in [3.05, 3.63) is 34.9 Å². The smallest absolute Gasteiger partial charge is 0.309 e. The summed E-state index contributed by atoms with van der Waals surface area (Å²) in [6.45, 7) is 2.57. The summed E-state index contributed by atoms with van der Waals surface area (Å²) in [5, 5.41) is 6.21. The lowest BCUT2D eigenvalue weighted by molar-refractivity contribution is -0.139. The summed E-state index contributed by atoms with van der Waals surface area (Å²) in [6, 6.07) is 7.59. The van der Waals surface area contributed by atoms with E-state index in [1.165, 1.54) is 6.42 Å². The van der Waals surface area contributed by atoms with Gasteiger partial charge in [0.05, 0.1) is 0 Å². The molecule has 0 heterocycles. The van der Waals surface area contributed by atoms with Crippen LogP contribution in [0.4, 0.5) is 0 Å². The molecule has 1 aromatic rings. The monoisotopic (exact) mass is 322 g/mol. The number of carbonyl (C=O) groups is 2. The molecule has 0 aromatic heterocycles. The summed E-state index contributed by atoms with van der Waals surface area (Å²) < 4.78 is 0. The molecule has 2 rings (SSSR count). The van der Waals surface area contributed by atoms with Crippen molar-refractivity contribution >= 4 is 23.4 Å². The number of carbonyl (C=O) groups excluding carboxylic acids is 2. The van der Waals surface area contributed by atoms with Gasteiger partial charge in [-0.05, 0) is 42.9 Å². The lowest BCUT2D eigenvalue weighted by atomic mass is 9.86. The zero-order valence-corrected chi connectivity index (χ0v) is 13.7. The van der Waals surface area contributed by atoms with Crippen molar-refractivity contribution in [2.24, 2.45) is 5.92 Å². The number of benzene rings is 1. The maximum Gasteiger partial charge on any atom is 0.309 e. The van der Waals surface area contributed by atoms with E-state index in [2.05, 4.69) is 17.6 Å². The van der Waals surface area contributed by atoms with Crippen LogP contribution >= 0.6 is 11.6 Å². The van der Waals surface area contributed by atoms with Crippen LogP contribution in [0.5, 0.6) is 0 Å². The van der Waals surface area contributed by atoms with E-state index in [4.69, 9.17) is 11.6 Å². The van der Waals surface area contributed by atoms with Gasteiger partial charge in [0.15, 0.2) is 0 Å². The fraction of sp³-hybridized carbons (Fsp3) is 0.529. The lowest BCUT2D eigenvalue weighted by Gasteiger charge is -2.29. The Morgan fingerprint density at radius 1 is 1.14 bits per heavy atom. The van der Waals surface area contributed by atoms with E-state index in [0.29, 0.717) is 23.9 Å². The molecule has 0 aliphatic heterocycles. The molecule has 1 saturated carbocycles. The molecule has 2 amide bonds. The van der Waals surface area contributed by atoms with Crippen molar-refractivity contribution in [2.45, 2.75) is 45.1 Å². The van der Waals surface area contributed by atoms with Crippen LogP contribution in [0, 0.1) is 5.92 Å². The molecule has 1 aliphatic carbocycles. The summed E-state index contributed by atoms with van der Waals surface area (Å²) in [4.78, 5) is 23.7. The van der Waals surface area contributed by atoms with E-state index in [1.807, 2.05) is 24.3 Å². The minimum atomic E-state index is -0.549. The summed E-state index contributed by atoms with van der Waals surface area (Å²) in [5.74, 6) is -0.624. The van der Waals surface area contributed by atoms with E-state index in [-0.39, 0.29) is 6.04 Å². The normalized spacial score (nSPS) is 21.2. The minimum absolute atomic E-state index is 0.128. The van der Waals surface area contributed by atoms with Crippen molar-refractivity contribution in [1.29, 1.82) is 0 Å². The van der Waals surface area contributed by atoms with Gasteiger partial charge < -0.3 is 10.6 Å². The second-order valence-electron chi connectivity index (χ2n) is 5.97. The Labute approximate surface area is 136 Å². The highest BCUT2D eigenvalue weighted by atomic mass is 35.5. The van der Waals surface area contributed by atoms with Gasteiger partial charge in [0.2, 0.25) is 0 Å². The summed E-state index contributed by atoms with van der Waals surface area (Å²) >= 11 is 5.82. The van der Waals surface area contributed by atoms with Crippen LogP contribution in [0.1, 0.15) is 38.2 Å². The lowest BCUT2D eigenvalue weighted by Crippen LogP contribution is -2.48. The molecule has 1 aromatic carbocycles. The van der Waals surface area contributed by atoms with Crippen LogP contribution in [0.15, 0.2) is 24.3 Å². The molecule has 1 aliphatic rings. The van der Waals surface area contributed by atoms with Gasteiger partial charge in [0.1, 0.15) is 0 Å². The van der Waals surface area contributed by atoms with Gasteiger partial charge in [-0.3, -0.25) is 9.59 Å². The topological polar surface area (TPSA) is 58.2 Å². The van der Waals surface area contributed by atoms with Crippen molar-refractivity contribution in [1.82, 2.24) is 10.6 Å². The molecule has 120 valence electrons. The standard InChI is InChI=1S/C17H23ClN2O2/c1-12-4-2-3-5-15(12)20-17(22)16(21)19-11-10-13-6-8-14(18)9-7-13/h6-9,12,15H,2-5,10-11H2,1H3,(H,19,21)(H,20,22)/t12-,15-/m0/s1. The Hall–Kier alpha value is -1.55. The van der Waals surface area contributed by atoms with E-state index in [1.54, 1.807) is 0 Å². The zero-order chi connectivity index (χ0) is 15.9. The molecular formula is C17H23ClN2O2. The van der Waals surface area contributed by atoms with E-state index < -0.39 is 11.8 Å². The number of hydrogen-bond acceptors (Lipinski definition) is 2. The quantitative estimate of drug-likeness (QED) is 0.837. The predicted molar refractivity (Wildman–Crippen MR) is 87.7 cm³/mol. The molecule has 0 radical (unpaired) electrons. The number of hydrogen-bond donors (Lipinski definition) is 2. The highest BCUT2D eigenvalue weighted by Crippen LogP contribution is 2.23. The number of rotatable bonds is 4. The van der Waals surface area contributed by atoms with Gasteiger partial charge in [0, 0.05) is 17.6 Å². The number of halogens is 1. The maximum absolute atomic E-state index is 11.9. The first-order valence-electron chi connectivity index (χ1n) is 7.89. The molecule has 4 nitrogen and oxygen atoms in total. The maximum atomic E-state index is 11.9. The van der Waals surface area contributed by atoms with Crippen molar-refractivity contribution in [2.75, 3.05) is 6.54 Å². The van der Waals surface area contributed by atoms with E-state index in [0.717, 1.165) is 24.8 Å². The van der Waals surface area contributed by atoms with Gasteiger partial charge in [-0.2, -0.15) is 0 Å². The Bertz CT molecular complexity index is 516. The third kappa shape index (κ3) is 5.02. The highest BCUT2D eigenvalue weighted by molar-refractivity contribution is 6.35. The number of amides is 2. The van der Waals surface area contributed by atoms with Crippen LogP contribution in [0.2, 0.25) is 5.02 Å². The van der Waals surface area contributed by atoms with Gasteiger partial charge in [-0.1, -0.05) is 43.5 Å². The highest BCUT2D eigenvalue weighted by Gasteiger charge is 2.25. The third-order valence-electron chi connectivity index (χ3n) is 4.25. The van der Waals surface area contributed by atoms with Gasteiger partial charge in [-0.25, -0.2) is 0 Å². The van der Waals surface area contributed by atoms with E-state index >= 15 is 0 Å². The molecule has 0 bridgehead atoms. The van der Waals surface area contributed by atoms with Gasteiger partial charge >= 0.3 is 11.8 Å². The molecule has 0 spiro atoms. The number of nitrogens with one attached hydrogen (secondary N) is 2. The summed E-state index contributed by atoms with van der Waals surface area (Å²) in [5.41, 5.74) is 1.08. The van der Waals surface area contributed by atoms with Crippen molar-refractivity contribution in [3.63, 3.8) is 0 Å². The second-order valence-corrected chi connectivity index (χ2v) is 6.41. The SMILES string of the molecule is C[C@H]1CCCC[C@@H]1NC(=O)C(=O)NCCc1ccc(Cl)cc1. The average molecular weight is 323 g/mol. The Morgan fingerprint density at radius 3 is 2.50 bits per heavy atom. The minimum Gasteiger partial charge on any atom is -0.348 e.